The molecule has 2 aromatic carbocycles. The van der Waals surface area contributed by atoms with E-state index in [9.17, 15) is 19.5 Å². The number of benzene rings is 2. The Morgan fingerprint density at radius 2 is 1.74 bits per heavy atom. The summed E-state index contributed by atoms with van der Waals surface area (Å²) in [6, 6.07) is 16.5. The molecule has 8 heteroatoms. The van der Waals surface area contributed by atoms with Gasteiger partial charge < -0.3 is 20.1 Å². The lowest BCUT2D eigenvalue weighted by atomic mass is 9.98. The molecule has 2 aliphatic rings. The first kappa shape index (κ1) is 25.1. The van der Waals surface area contributed by atoms with Crippen molar-refractivity contribution in [2.24, 2.45) is 5.92 Å². The molecule has 0 spiro atoms. The summed E-state index contributed by atoms with van der Waals surface area (Å²) in [6.45, 7) is 3.70. The Morgan fingerprint density at radius 3 is 2.40 bits per heavy atom. The molecule has 0 radical (unpaired) electrons. The third-order valence-electron chi connectivity index (χ3n) is 6.80. The quantitative estimate of drug-likeness (QED) is 0.536. The van der Waals surface area contributed by atoms with Gasteiger partial charge in [-0.3, -0.25) is 9.59 Å². The first-order valence-corrected chi connectivity index (χ1v) is 13.2. The van der Waals surface area contributed by atoms with Crippen LogP contribution in [0.2, 0.25) is 0 Å². The van der Waals surface area contributed by atoms with Crippen LogP contribution in [0.15, 0.2) is 48.5 Å². The van der Waals surface area contributed by atoms with Crippen molar-refractivity contribution in [1.29, 1.82) is 0 Å². The fraction of sp³-hybridized carbons (Fsp3) is 0.444. The van der Waals surface area contributed by atoms with Crippen LogP contribution < -0.4 is 5.32 Å². The van der Waals surface area contributed by atoms with Crippen LogP contribution in [-0.2, 0) is 14.3 Å². The average Bonchev–Trinajstić information content (AvgIpc) is 3.19. The van der Waals surface area contributed by atoms with Gasteiger partial charge in [-0.2, -0.15) is 0 Å². The molecule has 2 atom stereocenters. The van der Waals surface area contributed by atoms with Gasteiger partial charge in [0.2, 0.25) is 5.91 Å². The van der Waals surface area contributed by atoms with E-state index >= 15 is 0 Å². The Labute approximate surface area is 210 Å². The van der Waals surface area contributed by atoms with Gasteiger partial charge in [-0.05, 0) is 41.0 Å². The lowest BCUT2D eigenvalue weighted by Gasteiger charge is -2.30. The summed E-state index contributed by atoms with van der Waals surface area (Å²) < 4.78 is 5.57. The topological polar surface area (TPSA) is 95.9 Å². The van der Waals surface area contributed by atoms with E-state index in [-0.39, 0.29) is 30.9 Å². The lowest BCUT2D eigenvalue weighted by molar-refractivity contribution is -0.138. The van der Waals surface area contributed by atoms with Gasteiger partial charge in [-0.25, -0.2) is 4.79 Å². The number of nitrogens with zero attached hydrogens (tertiary/aromatic N) is 1. The second kappa shape index (κ2) is 11.6. The van der Waals surface area contributed by atoms with Crippen molar-refractivity contribution in [3.05, 3.63) is 59.7 Å². The number of amides is 2. The molecule has 1 saturated heterocycles. The minimum absolute atomic E-state index is 0.00731. The molecule has 2 amide bonds. The summed E-state index contributed by atoms with van der Waals surface area (Å²) in [5.41, 5.74) is 4.76. The van der Waals surface area contributed by atoms with Gasteiger partial charge >= 0.3 is 12.1 Å². The van der Waals surface area contributed by atoms with Gasteiger partial charge in [0.05, 0.1) is 0 Å². The van der Waals surface area contributed by atoms with Gasteiger partial charge in [0.1, 0.15) is 11.9 Å². The predicted molar refractivity (Wildman–Crippen MR) is 137 cm³/mol. The van der Waals surface area contributed by atoms with Crippen LogP contribution in [0, 0.1) is 5.92 Å². The molecule has 1 fully saturated rings. The highest BCUT2D eigenvalue weighted by Gasteiger charge is 2.30. The molecule has 2 aromatic rings. The first-order valence-electron chi connectivity index (χ1n) is 12.1. The number of carbonyl (C=O) groups excluding carboxylic acids is 2. The maximum Gasteiger partial charge on any atom is 0.407 e. The van der Waals surface area contributed by atoms with Crippen molar-refractivity contribution in [3.8, 4) is 11.1 Å². The van der Waals surface area contributed by atoms with E-state index < -0.39 is 17.3 Å². The lowest BCUT2D eigenvalue weighted by Crippen LogP contribution is -2.44. The van der Waals surface area contributed by atoms with Gasteiger partial charge in [-0.1, -0.05) is 55.5 Å². The highest BCUT2D eigenvalue weighted by Crippen LogP contribution is 2.44. The Bertz CT molecular complexity index is 1030. The van der Waals surface area contributed by atoms with Gasteiger partial charge in [0.25, 0.3) is 0 Å². The number of aliphatic carboxylic acids is 1. The highest BCUT2D eigenvalue weighted by atomic mass is 32.2. The average molecular weight is 497 g/mol. The van der Waals surface area contributed by atoms with Gasteiger partial charge in [-0.15, -0.1) is 11.8 Å². The molecule has 2 N–H and O–H groups in total. The molecule has 0 aromatic heterocycles. The van der Waals surface area contributed by atoms with Crippen LogP contribution in [0.25, 0.3) is 11.1 Å². The number of hydrogen-bond acceptors (Lipinski definition) is 5. The van der Waals surface area contributed by atoms with Crippen molar-refractivity contribution in [2.45, 2.75) is 37.4 Å². The number of rotatable bonds is 9. The molecule has 2 unspecified atom stereocenters. The van der Waals surface area contributed by atoms with Crippen molar-refractivity contribution < 1.29 is 24.2 Å². The summed E-state index contributed by atoms with van der Waals surface area (Å²) in [7, 11) is 0. The second-order valence-corrected chi connectivity index (χ2v) is 10.5. The number of carbonyl (C=O) groups is 3. The van der Waals surface area contributed by atoms with Crippen molar-refractivity contribution in [2.75, 3.05) is 32.0 Å². The van der Waals surface area contributed by atoms with Crippen molar-refractivity contribution >= 4 is 29.7 Å². The van der Waals surface area contributed by atoms with E-state index in [2.05, 4.69) is 36.5 Å². The Morgan fingerprint density at radius 1 is 1.09 bits per heavy atom. The van der Waals surface area contributed by atoms with E-state index in [4.69, 9.17) is 4.74 Å². The largest absolute Gasteiger partial charge is 0.480 e. The SMILES string of the molecule is CC(CCNC(=O)OCC1c2ccccc2-c2ccccc21)CCC(=O)N1CCSC(C(=O)O)C1. The normalized spacial score (nSPS) is 17.9. The molecule has 1 aliphatic heterocycles. The number of thioether (sulfide) groups is 1. The molecule has 1 aliphatic carbocycles. The standard InChI is InChI=1S/C27H32N2O5S/c1-18(10-11-25(30)29-14-15-35-24(16-29)26(31)32)12-13-28-27(33)34-17-23-21-8-4-2-6-19(21)20-7-3-5-9-22(20)23/h2-9,18,23-24H,10-17H2,1H3,(H,28,33)(H,31,32). The van der Waals surface area contributed by atoms with E-state index in [1.807, 2.05) is 24.3 Å². The van der Waals surface area contributed by atoms with Gasteiger partial charge in [0, 0.05) is 37.7 Å². The second-order valence-electron chi connectivity index (χ2n) is 9.22. The van der Waals surface area contributed by atoms with Crippen LogP contribution in [0.1, 0.15) is 43.2 Å². The van der Waals surface area contributed by atoms with Crippen LogP contribution >= 0.6 is 11.8 Å². The van der Waals surface area contributed by atoms with Crippen LogP contribution in [0.5, 0.6) is 0 Å². The number of alkyl carbamates (subject to hydrolysis) is 1. The number of carboxylic acids is 1. The molecular weight excluding hydrogens is 464 g/mol. The summed E-state index contributed by atoms with van der Waals surface area (Å²) in [6.07, 6.45) is 1.40. The molecule has 7 nitrogen and oxygen atoms in total. The summed E-state index contributed by atoms with van der Waals surface area (Å²) in [4.78, 5) is 37.6. The van der Waals surface area contributed by atoms with E-state index in [0.717, 1.165) is 6.42 Å². The summed E-state index contributed by atoms with van der Waals surface area (Å²) in [5, 5.41) is 11.5. The monoisotopic (exact) mass is 496 g/mol. The Balaban J connectivity index is 1.16. The molecule has 0 bridgehead atoms. The Kier molecular flexibility index (Phi) is 8.33. The number of fused-ring (bicyclic) bond motifs is 3. The molecular formula is C27H32N2O5S. The zero-order chi connectivity index (χ0) is 24.8. The van der Waals surface area contributed by atoms with Crippen molar-refractivity contribution in [3.63, 3.8) is 0 Å². The zero-order valence-corrected chi connectivity index (χ0v) is 20.8. The highest BCUT2D eigenvalue weighted by molar-refractivity contribution is 8.00. The minimum Gasteiger partial charge on any atom is -0.480 e. The molecule has 186 valence electrons. The smallest absolute Gasteiger partial charge is 0.407 e. The van der Waals surface area contributed by atoms with Crippen LogP contribution in [0.4, 0.5) is 4.79 Å². The molecule has 4 rings (SSSR count). The zero-order valence-electron chi connectivity index (χ0n) is 19.9. The number of ether oxygens (including phenoxy) is 1. The number of carboxylic acid groups (broad SMARTS) is 1. The van der Waals surface area contributed by atoms with E-state index in [1.54, 1.807) is 4.90 Å². The molecule has 35 heavy (non-hydrogen) atoms. The van der Waals surface area contributed by atoms with Crippen LogP contribution in [-0.4, -0.2) is 65.2 Å². The Hall–Kier alpha value is -3.00. The maximum absolute atomic E-state index is 12.5. The summed E-state index contributed by atoms with van der Waals surface area (Å²) >= 11 is 1.39. The third kappa shape index (κ3) is 6.17. The summed E-state index contributed by atoms with van der Waals surface area (Å²) in [5.74, 6) is 0.0878. The number of hydrogen-bond donors (Lipinski definition) is 2. The maximum atomic E-state index is 12.5. The molecule has 1 heterocycles. The fourth-order valence-corrected chi connectivity index (χ4v) is 5.81. The third-order valence-corrected chi connectivity index (χ3v) is 7.97. The number of nitrogens with one attached hydrogen (secondary N) is 1. The molecule has 0 saturated carbocycles. The van der Waals surface area contributed by atoms with Gasteiger partial charge in [0.15, 0.2) is 0 Å². The predicted octanol–water partition coefficient (Wildman–Crippen LogP) is 4.36. The van der Waals surface area contributed by atoms with E-state index in [0.29, 0.717) is 31.7 Å². The first-order chi connectivity index (χ1) is 16.9. The van der Waals surface area contributed by atoms with E-state index in [1.165, 1.54) is 34.0 Å². The minimum atomic E-state index is -0.861. The van der Waals surface area contributed by atoms with Crippen LogP contribution in [0.3, 0.4) is 0 Å². The van der Waals surface area contributed by atoms with Crippen molar-refractivity contribution in [1.82, 2.24) is 10.2 Å². The fourth-order valence-electron chi connectivity index (χ4n) is 4.77.